The molecule has 2 nitrogen and oxygen atoms in total. The summed E-state index contributed by atoms with van der Waals surface area (Å²) in [5, 5.41) is 0. The van der Waals surface area contributed by atoms with Crippen LogP contribution in [0.25, 0.3) is 0 Å². The summed E-state index contributed by atoms with van der Waals surface area (Å²) in [5.41, 5.74) is 0. The summed E-state index contributed by atoms with van der Waals surface area (Å²) in [7, 11) is 0. The molecule has 1 aliphatic rings. The second-order valence-electron chi connectivity index (χ2n) is 4.27. The first-order chi connectivity index (χ1) is 6.76. The molecule has 0 aromatic rings. The lowest BCUT2D eigenvalue weighted by atomic mass is 9.85. The number of ketones is 1. The van der Waals surface area contributed by atoms with Gasteiger partial charge in [0.15, 0.2) is 5.78 Å². The SMILES string of the molecule is CCC(=O)COC1CCCC(CC)C1. The zero-order valence-corrected chi connectivity index (χ0v) is 9.42. The molecule has 14 heavy (non-hydrogen) atoms. The highest BCUT2D eigenvalue weighted by atomic mass is 16.5. The molecule has 1 fully saturated rings. The number of hydrogen-bond acceptors (Lipinski definition) is 2. The third-order valence-electron chi connectivity index (χ3n) is 3.19. The Morgan fingerprint density at radius 3 is 2.79 bits per heavy atom. The van der Waals surface area contributed by atoms with Crippen molar-refractivity contribution in [1.29, 1.82) is 0 Å². The van der Waals surface area contributed by atoms with E-state index in [-0.39, 0.29) is 5.78 Å². The van der Waals surface area contributed by atoms with Crippen molar-refractivity contribution in [3.8, 4) is 0 Å². The lowest BCUT2D eigenvalue weighted by Crippen LogP contribution is -2.24. The lowest BCUT2D eigenvalue weighted by molar-refractivity contribution is -0.126. The lowest BCUT2D eigenvalue weighted by Gasteiger charge is -2.28. The van der Waals surface area contributed by atoms with Crippen LogP contribution in [0.15, 0.2) is 0 Å². The fourth-order valence-corrected chi connectivity index (χ4v) is 2.08. The van der Waals surface area contributed by atoms with Crippen molar-refractivity contribution in [2.24, 2.45) is 5.92 Å². The van der Waals surface area contributed by atoms with Crippen LogP contribution in [0, 0.1) is 5.92 Å². The summed E-state index contributed by atoms with van der Waals surface area (Å²) in [4.78, 5) is 11.1. The molecule has 0 N–H and O–H groups in total. The Labute approximate surface area is 87.0 Å². The summed E-state index contributed by atoms with van der Waals surface area (Å²) >= 11 is 0. The van der Waals surface area contributed by atoms with E-state index in [1.165, 1.54) is 19.3 Å². The average molecular weight is 198 g/mol. The maximum absolute atomic E-state index is 11.1. The third kappa shape index (κ3) is 3.79. The fourth-order valence-electron chi connectivity index (χ4n) is 2.08. The summed E-state index contributed by atoms with van der Waals surface area (Å²) in [6.07, 6.45) is 7.12. The van der Waals surface area contributed by atoms with Crippen molar-refractivity contribution >= 4 is 5.78 Å². The van der Waals surface area contributed by atoms with Crippen LogP contribution in [-0.2, 0) is 9.53 Å². The predicted octanol–water partition coefficient (Wildman–Crippen LogP) is 2.95. The summed E-state index contributed by atoms with van der Waals surface area (Å²) in [5.74, 6) is 1.05. The van der Waals surface area contributed by atoms with Crippen molar-refractivity contribution in [3.63, 3.8) is 0 Å². The number of ether oxygens (including phenoxy) is 1. The molecule has 0 spiro atoms. The molecule has 0 saturated heterocycles. The number of Topliss-reactive ketones (excluding diaryl/α,β-unsaturated/α-hetero) is 1. The van der Waals surface area contributed by atoms with Crippen LogP contribution in [0.2, 0.25) is 0 Å². The molecule has 0 bridgehead atoms. The van der Waals surface area contributed by atoms with E-state index >= 15 is 0 Å². The topological polar surface area (TPSA) is 26.3 Å². The van der Waals surface area contributed by atoms with E-state index in [9.17, 15) is 4.79 Å². The standard InChI is InChI=1S/C12H22O2/c1-3-10-6-5-7-12(8-10)14-9-11(13)4-2/h10,12H,3-9H2,1-2H3. The van der Waals surface area contributed by atoms with E-state index in [1.807, 2.05) is 6.92 Å². The third-order valence-corrected chi connectivity index (χ3v) is 3.19. The van der Waals surface area contributed by atoms with Gasteiger partial charge in [0, 0.05) is 6.42 Å². The summed E-state index contributed by atoms with van der Waals surface area (Å²) in [6.45, 7) is 4.46. The molecule has 1 saturated carbocycles. The Bertz CT molecular complexity index is 177. The van der Waals surface area contributed by atoms with Crippen LogP contribution >= 0.6 is 0 Å². The van der Waals surface area contributed by atoms with Crippen molar-refractivity contribution in [2.75, 3.05) is 6.61 Å². The van der Waals surface area contributed by atoms with Crippen molar-refractivity contribution in [1.82, 2.24) is 0 Å². The molecule has 0 radical (unpaired) electrons. The number of rotatable bonds is 5. The van der Waals surface area contributed by atoms with E-state index in [0.29, 0.717) is 19.1 Å². The van der Waals surface area contributed by atoms with Gasteiger partial charge >= 0.3 is 0 Å². The normalized spacial score (nSPS) is 27.6. The van der Waals surface area contributed by atoms with Gasteiger partial charge in [0.25, 0.3) is 0 Å². The Hall–Kier alpha value is -0.370. The first-order valence-corrected chi connectivity index (χ1v) is 5.89. The van der Waals surface area contributed by atoms with Gasteiger partial charge in [-0.15, -0.1) is 0 Å². The molecular formula is C12H22O2. The predicted molar refractivity (Wildman–Crippen MR) is 57.3 cm³/mol. The Balaban J connectivity index is 2.20. The van der Waals surface area contributed by atoms with Crippen LogP contribution < -0.4 is 0 Å². The molecule has 0 aromatic carbocycles. The average Bonchev–Trinajstić information content (AvgIpc) is 2.26. The zero-order valence-electron chi connectivity index (χ0n) is 9.42. The van der Waals surface area contributed by atoms with E-state index in [2.05, 4.69) is 6.92 Å². The highest BCUT2D eigenvalue weighted by molar-refractivity contribution is 5.79. The highest BCUT2D eigenvalue weighted by Crippen LogP contribution is 2.28. The smallest absolute Gasteiger partial charge is 0.158 e. The summed E-state index contributed by atoms with van der Waals surface area (Å²) in [6, 6.07) is 0. The highest BCUT2D eigenvalue weighted by Gasteiger charge is 2.21. The number of carbonyl (C=O) groups excluding carboxylic acids is 1. The zero-order chi connectivity index (χ0) is 10.4. The minimum atomic E-state index is 0.226. The molecule has 0 aliphatic heterocycles. The van der Waals surface area contributed by atoms with Gasteiger partial charge in [-0.05, 0) is 18.8 Å². The van der Waals surface area contributed by atoms with Gasteiger partial charge in [-0.1, -0.05) is 33.1 Å². The van der Waals surface area contributed by atoms with Crippen LogP contribution in [0.3, 0.4) is 0 Å². The molecule has 0 heterocycles. The second kappa shape index (κ2) is 6.18. The van der Waals surface area contributed by atoms with Gasteiger partial charge in [-0.2, -0.15) is 0 Å². The molecule has 0 aromatic heterocycles. The number of hydrogen-bond donors (Lipinski definition) is 0. The maximum atomic E-state index is 11.1. The first kappa shape index (κ1) is 11.7. The van der Waals surface area contributed by atoms with Gasteiger partial charge in [0.05, 0.1) is 6.10 Å². The van der Waals surface area contributed by atoms with Crippen LogP contribution in [0.5, 0.6) is 0 Å². The molecule has 82 valence electrons. The molecular weight excluding hydrogens is 176 g/mol. The minimum Gasteiger partial charge on any atom is -0.370 e. The van der Waals surface area contributed by atoms with Gasteiger partial charge in [0.1, 0.15) is 6.61 Å². The van der Waals surface area contributed by atoms with Crippen molar-refractivity contribution in [3.05, 3.63) is 0 Å². The molecule has 1 aliphatic carbocycles. The summed E-state index contributed by atoms with van der Waals surface area (Å²) < 4.78 is 5.62. The molecule has 2 atom stereocenters. The van der Waals surface area contributed by atoms with Crippen molar-refractivity contribution < 1.29 is 9.53 Å². The minimum absolute atomic E-state index is 0.226. The van der Waals surface area contributed by atoms with Crippen LogP contribution in [0.4, 0.5) is 0 Å². The maximum Gasteiger partial charge on any atom is 0.158 e. The Kier molecular flexibility index (Phi) is 5.16. The first-order valence-electron chi connectivity index (χ1n) is 5.89. The van der Waals surface area contributed by atoms with Crippen LogP contribution in [0.1, 0.15) is 52.4 Å². The monoisotopic (exact) mass is 198 g/mol. The number of carbonyl (C=O) groups is 1. The Morgan fingerprint density at radius 1 is 1.36 bits per heavy atom. The second-order valence-corrected chi connectivity index (χ2v) is 4.27. The van der Waals surface area contributed by atoms with Crippen molar-refractivity contribution in [2.45, 2.75) is 58.5 Å². The Morgan fingerprint density at radius 2 is 2.14 bits per heavy atom. The molecule has 0 amide bonds. The molecule has 1 rings (SSSR count). The molecule has 2 unspecified atom stereocenters. The molecule has 2 heteroatoms. The quantitative estimate of drug-likeness (QED) is 0.679. The van der Waals surface area contributed by atoms with Gasteiger partial charge < -0.3 is 4.74 Å². The van der Waals surface area contributed by atoms with E-state index < -0.39 is 0 Å². The van der Waals surface area contributed by atoms with Gasteiger partial charge in [-0.25, -0.2) is 0 Å². The fraction of sp³-hybridized carbons (Fsp3) is 0.917. The van der Waals surface area contributed by atoms with E-state index in [0.717, 1.165) is 18.8 Å². The van der Waals surface area contributed by atoms with E-state index in [4.69, 9.17) is 4.74 Å². The largest absolute Gasteiger partial charge is 0.370 e. The van der Waals surface area contributed by atoms with Crippen LogP contribution in [-0.4, -0.2) is 18.5 Å². The van der Waals surface area contributed by atoms with Gasteiger partial charge in [0.2, 0.25) is 0 Å². The van der Waals surface area contributed by atoms with E-state index in [1.54, 1.807) is 0 Å². The van der Waals surface area contributed by atoms with Gasteiger partial charge in [-0.3, -0.25) is 4.79 Å².